The van der Waals surface area contributed by atoms with Crippen LogP contribution in [0.5, 0.6) is 0 Å². The highest BCUT2D eigenvalue weighted by atomic mass is 16.4. The van der Waals surface area contributed by atoms with Crippen LogP contribution in [0.15, 0.2) is 16.7 Å². The van der Waals surface area contributed by atoms with Crippen molar-refractivity contribution in [3.63, 3.8) is 0 Å². The van der Waals surface area contributed by atoms with Crippen LogP contribution < -0.4 is 0 Å². The Hall–Kier alpha value is -0.760. The van der Waals surface area contributed by atoms with E-state index in [1.54, 1.807) is 6.26 Å². The predicted molar refractivity (Wildman–Crippen MR) is 48.2 cm³/mol. The Morgan fingerprint density at radius 3 is 2.69 bits per heavy atom. The topological polar surface area (TPSA) is 33.4 Å². The lowest BCUT2D eigenvalue weighted by molar-refractivity contribution is 0.0798. The summed E-state index contributed by atoms with van der Waals surface area (Å²) < 4.78 is 5.38. The Kier molecular flexibility index (Phi) is 1.28. The maximum absolute atomic E-state index is 10.4. The number of furan rings is 1. The third-order valence-corrected chi connectivity index (χ3v) is 3.76. The molecule has 0 aromatic carbocycles. The van der Waals surface area contributed by atoms with Crippen LogP contribution in [0.3, 0.4) is 0 Å². The van der Waals surface area contributed by atoms with Gasteiger partial charge in [0.05, 0.1) is 6.26 Å². The van der Waals surface area contributed by atoms with Gasteiger partial charge in [-0.2, -0.15) is 0 Å². The zero-order valence-electron chi connectivity index (χ0n) is 7.79. The molecular weight excluding hydrogens is 164 g/mol. The minimum atomic E-state index is -0.591. The molecule has 0 saturated heterocycles. The first-order valence-corrected chi connectivity index (χ1v) is 5.01. The normalized spacial score (nSPS) is 42.0. The van der Waals surface area contributed by atoms with Crippen molar-refractivity contribution in [2.75, 3.05) is 0 Å². The minimum Gasteiger partial charge on any atom is -0.466 e. The van der Waals surface area contributed by atoms with Gasteiger partial charge in [-0.1, -0.05) is 6.42 Å². The highest BCUT2D eigenvalue weighted by molar-refractivity contribution is 5.32. The molecule has 2 aliphatic rings. The van der Waals surface area contributed by atoms with E-state index in [9.17, 15) is 5.11 Å². The highest BCUT2D eigenvalue weighted by Gasteiger charge is 2.68. The summed E-state index contributed by atoms with van der Waals surface area (Å²) >= 11 is 0. The minimum absolute atomic E-state index is 0.484. The molecule has 0 amide bonds. The zero-order valence-corrected chi connectivity index (χ0v) is 7.79. The van der Waals surface area contributed by atoms with Gasteiger partial charge in [0.15, 0.2) is 0 Å². The molecule has 70 valence electrons. The zero-order chi connectivity index (χ0) is 9.05. The van der Waals surface area contributed by atoms with Crippen LogP contribution in [-0.4, -0.2) is 5.11 Å². The van der Waals surface area contributed by atoms with Crippen LogP contribution in [-0.2, 0) is 5.60 Å². The van der Waals surface area contributed by atoms with E-state index in [0.717, 1.165) is 11.3 Å². The Balaban J connectivity index is 1.99. The third-order valence-electron chi connectivity index (χ3n) is 3.76. The van der Waals surface area contributed by atoms with Gasteiger partial charge in [0, 0.05) is 11.8 Å². The largest absolute Gasteiger partial charge is 0.466 e. The second-order valence-corrected chi connectivity index (χ2v) is 4.40. The van der Waals surface area contributed by atoms with Crippen molar-refractivity contribution in [2.45, 2.75) is 31.8 Å². The molecule has 2 nitrogen and oxygen atoms in total. The van der Waals surface area contributed by atoms with Crippen LogP contribution in [0, 0.1) is 18.8 Å². The lowest BCUT2D eigenvalue weighted by Gasteiger charge is -2.11. The van der Waals surface area contributed by atoms with E-state index in [2.05, 4.69) is 0 Å². The molecule has 0 spiro atoms. The average Bonchev–Trinajstić information content (AvgIpc) is 2.61. The lowest BCUT2D eigenvalue weighted by atomic mass is 10.0. The van der Waals surface area contributed by atoms with Gasteiger partial charge in [-0.15, -0.1) is 0 Å². The van der Waals surface area contributed by atoms with Gasteiger partial charge in [-0.05, 0) is 31.4 Å². The monoisotopic (exact) mass is 178 g/mol. The van der Waals surface area contributed by atoms with Crippen molar-refractivity contribution in [3.8, 4) is 0 Å². The van der Waals surface area contributed by atoms with E-state index in [1.807, 2.05) is 13.0 Å². The molecule has 2 atom stereocenters. The number of fused-ring (bicyclic) bond motifs is 1. The van der Waals surface area contributed by atoms with Crippen molar-refractivity contribution in [1.29, 1.82) is 0 Å². The fourth-order valence-electron chi connectivity index (χ4n) is 3.04. The van der Waals surface area contributed by atoms with Crippen molar-refractivity contribution < 1.29 is 9.52 Å². The summed E-state index contributed by atoms with van der Waals surface area (Å²) in [6.07, 6.45) is 5.29. The third kappa shape index (κ3) is 0.773. The van der Waals surface area contributed by atoms with Crippen LogP contribution in [0.1, 0.15) is 30.6 Å². The molecule has 1 aromatic heterocycles. The molecule has 1 N–H and O–H groups in total. The van der Waals surface area contributed by atoms with E-state index in [-0.39, 0.29) is 0 Å². The molecule has 2 fully saturated rings. The molecule has 0 radical (unpaired) electrons. The van der Waals surface area contributed by atoms with Gasteiger partial charge in [0.1, 0.15) is 11.4 Å². The SMILES string of the molecule is Cc1ccoc1C1(O)C2CCCC21. The molecule has 1 heterocycles. The predicted octanol–water partition coefficient (Wildman–Crippen LogP) is 2.21. The summed E-state index contributed by atoms with van der Waals surface area (Å²) in [5.74, 6) is 1.79. The molecule has 0 aliphatic heterocycles. The van der Waals surface area contributed by atoms with E-state index in [4.69, 9.17) is 4.42 Å². The number of hydrogen-bond acceptors (Lipinski definition) is 2. The summed E-state index contributed by atoms with van der Waals surface area (Å²) in [5, 5.41) is 10.4. The van der Waals surface area contributed by atoms with Crippen LogP contribution in [0.2, 0.25) is 0 Å². The molecule has 2 saturated carbocycles. The highest BCUT2D eigenvalue weighted by Crippen LogP contribution is 2.66. The Morgan fingerprint density at radius 1 is 1.46 bits per heavy atom. The molecule has 2 aliphatic carbocycles. The average molecular weight is 178 g/mol. The molecule has 1 aromatic rings. The van der Waals surface area contributed by atoms with Gasteiger partial charge in [-0.25, -0.2) is 0 Å². The number of aryl methyl sites for hydroxylation is 1. The van der Waals surface area contributed by atoms with Crippen molar-refractivity contribution in [3.05, 3.63) is 23.7 Å². The van der Waals surface area contributed by atoms with Gasteiger partial charge in [0.25, 0.3) is 0 Å². The first-order valence-electron chi connectivity index (χ1n) is 5.01. The molecule has 0 bridgehead atoms. The molecular formula is C11H14O2. The maximum atomic E-state index is 10.4. The Labute approximate surface area is 77.6 Å². The number of rotatable bonds is 1. The van der Waals surface area contributed by atoms with Gasteiger partial charge >= 0.3 is 0 Å². The quantitative estimate of drug-likeness (QED) is 0.715. The first kappa shape index (κ1) is 7.63. The maximum Gasteiger partial charge on any atom is 0.138 e. The van der Waals surface area contributed by atoms with Crippen LogP contribution in [0.25, 0.3) is 0 Å². The fraction of sp³-hybridized carbons (Fsp3) is 0.636. The molecule has 13 heavy (non-hydrogen) atoms. The van der Waals surface area contributed by atoms with Crippen molar-refractivity contribution in [1.82, 2.24) is 0 Å². The second-order valence-electron chi connectivity index (χ2n) is 4.40. The van der Waals surface area contributed by atoms with E-state index >= 15 is 0 Å². The van der Waals surface area contributed by atoms with Gasteiger partial charge in [-0.3, -0.25) is 0 Å². The van der Waals surface area contributed by atoms with Crippen molar-refractivity contribution >= 4 is 0 Å². The van der Waals surface area contributed by atoms with E-state index < -0.39 is 5.60 Å². The summed E-state index contributed by atoms with van der Waals surface area (Å²) in [4.78, 5) is 0. The molecule has 3 rings (SSSR count). The Morgan fingerprint density at radius 2 is 2.15 bits per heavy atom. The van der Waals surface area contributed by atoms with Crippen LogP contribution in [0.4, 0.5) is 0 Å². The van der Waals surface area contributed by atoms with Crippen LogP contribution >= 0.6 is 0 Å². The van der Waals surface area contributed by atoms with Gasteiger partial charge in [0.2, 0.25) is 0 Å². The second kappa shape index (κ2) is 2.18. The fourth-order valence-corrected chi connectivity index (χ4v) is 3.04. The van der Waals surface area contributed by atoms with E-state index in [0.29, 0.717) is 11.8 Å². The number of hydrogen-bond donors (Lipinski definition) is 1. The smallest absolute Gasteiger partial charge is 0.138 e. The van der Waals surface area contributed by atoms with Crippen molar-refractivity contribution in [2.24, 2.45) is 11.8 Å². The first-order chi connectivity index (χ1) is 6.24. The standard InChI is InChI=1S/C11H14O2/c1-7-5-6-13-10(7)11(12)8-3-2-4-9(8)11/h5-6,8-9,12H,2-4H2,1H3. The Bertz CT molecular complexity index is 330. The van der Waals surface area contributed by atoms with Gasteiger partial charge < -0.3 is 9.52 Å². The lowest BCUT2D eigenvalue weighted by Crippen LogP contribution is -2.13. The molecule has 2 unspecified atom stereocenters. The number of aliphatic hydroxyl groups is 1. The summed E-state index contributed by atoms with van der Waals surface area (Å²) in [6.45, 7) is 2.00. The summed E-state index contributed by atoms with van der Waals surface area (Å²) in [5.41, 5.74) is 0.503. The molecule has 2 heteroatoms. The summed E-state index contributed by atoms with van der Waals surface area (Å²) in [7, 11) is 0. The van der Waals surface area contributed by atoms with E-state index in [1.165, 1.54) is 19.3 Å². The summed E-state index contributed by atoms with van der Waals surface area (Å²) in [6, 6.07) is 1.93.